The SMILES string of the molecule is O=C1C=C(C(=O)N=Nc2c(O)[nH]c3ccc([N+](=O)[O-])cc23)c2ccccc2C1. The van der Waals surface area contributed by atoms with Gasteiger partial charge in [-0.25, -0.2) is 0 Å². The van der Waals surface area contributed by atoms with Gasteiger partial charge in [-0.05, 0) is 23.3 Å². The van der Waals surface area contributed by atoms with E-state index >= 15 is 0 Å². The molecule has 3 aromatic rings. The summed E-state index contributed by atoms with van der Waals surface area (Å²) in [4.78, 5) is 37.4. The summed E-state index contributed by atoms with van der Waals surface area (Å²) in [7, 11) is 0. The number of fused-ring (bicyclic) bond motifs is 2. The van der Waals surface area contributed by atoms with Crippen molar-refractivity contribution in [3.8, 4) is 5.88 Å². The molecular weight excluding hydrogens is 364 g/mol. The van der Waals surface area contributed by atoms with E-state index in [9.17, 15) is 24.8 Å². The first-order chi connectivity index (χ1) is 13.4. The molecule has 138 valence electrons. The van der Waals surface area contributed by atoms with Gasteiger partial charge in [0, 0.05) is 23.9 Å². The van der Waals surface area contributed by atoms with Crippen LogP contribution in [-0.4, -0.2) is 26.7 Å². The van der Waals surface area contributed by atoms with Crippen LogP contribution in [-0.2, 0) is 16.0 Å². The predicted octanol–water partition coefficient (Wildman–Crippen LogP) is 3.60. The van der Waals surface area contributed by atoms with Crippen molar-refractivity contribution in [2.45, 2.75) is 6.42 Å². The summed E-state index contributed by atoms with van der Waals surface area (Å²) in [5.74, 6) is -1.34. The topological polar surface area (TPSA) is 138 Å². The lowest BCUT2D eigenvalue weighted by molar-refractivity contribution is -0.384. The molecule has 9 heteroatoms. The molecule has 1 aliphatic carbocycles. The Morgan fingerprint density at radius 2 is 2.00 bits per heavy atom. The lowest BCUT2D eigenvalue weighted by Gasteiger charge is -2.13. The van der Waals surface area contributed by atoms with Gasteiger partial charge >= 0.3 is 0 Å². The minimum Gasteiger partial charge on any atom is -0.493 e. The second-order valence-corrected chi connectivity index (χ2v) is 6.17. The van der Waals surface area contributed by atoms with Crippen molar-refractivity contribution in [1.82, 2.24) is 4.98 Å². The maximum atomic E-state index is 12.5. The number of nitro groups is 1. The lowest BCUT2D eigenvalue weighted by atomic mass is 9.90. The summed E-state index contributed by atoms with van der Waals surface area (Å²) >= 11 is 0. The fourth-order valence-corrected chi connectivity index (χ4v) is 3.11. The number of ketones is 1. The van der Waals surface area contributed by atoms with Crippen molar-refractivity contribution in [2.75, 3.05) is 0 Å². The first kappa shape index (κ1) is 17.3. The van der Waals surface area contributed by atoms with Crippen molar-refractivity contribution in [3.63, 3.8) is 0 Å². The molecule has 0 saturated heterocycles. The number of azo groups is 1. The van der Waals surface area contributed by atoms with Gasteiger partial charge in [-0.2, -0.15) is 0 Å². The van der Waals surface area contributed by atoms with E-state index in [-0.39, 0.29) is 40.4 Å². The zero-order chi connectivity index (χ0) is 19.8. The van der Waals surface area contributed by atoms with Crippen LogP contribution >= 0.6 is 0 Å². The number of nitrogens with one attached hydrogen (secondary N) is 1. The number of hydrogen-bond donors (Lipinski definition) is 2. The Labute approximate surface area is 157 Å². The monoisotopic (exact) mass is 376 g/mol. The number of non-ortho nitro benzene ring substituents is 1. The third-order valence-electron chi connectivity index (χ3n) is 4.40. The van der Waals surface area contributed by atoms with Crippen molar-refractivity contribution >= 4 is 39.5 Å². The third kappa shape index (κ3) is 2.94. The average Bonchev–Trinajstić information content (AvgIpc) is 2.99. The minimum atomic E-state index is -0.750. The minimum absolute atomic E-state index is 0.0944. The average molecular weight is 376 g/mol. The van der Waals surface area contributed by atoms with E-state index < -0.39 is 10.8 Å². The Morgan fingerprint density at radius 3 is 2.79 bits per heavy atom. The van der Waals surface area contributed by atoms with E-state index in [0.717, 1.165) is 5.56 Å². The van der Waals surface area contributed by atoms with Gasteiger partial charge in [0.2, 0.25) is 5.88 Å². The largest absolute Gasteiger partial charge is 0.493 e. The van der Waals surface area contributed by atoms with Gasteiger partial charge in [-0.15, -0.1) is 10.2 Å². The number of benzene rings is 2. The van der Waals surface area contributed by atoms with Crippen LogP contribution in [0.4, 0.5) is 11.4 Å². The van der Waals surface area contributed by atoms with Crippen molar-refractivity contribution < 1.29 is 19.6 Å². The Balaban J connectivity index is 1.72. The number of aromatic nitrogens is 1. The zero-order valence-corrected chi connectivity index (χ0v) is 14.2. The fourth-order valence-electron chi connectivity index (χ4n) is 3.11. The summed E-state index contributed by atoms with van der Waals surface area (Å²) < 4.78 is 0. The number of allylic oxidation sites excluding steroid dienone is 1. The van der Waals surface area contributed by atoms with Crippen LogP contribution in [0.2, 0.25) is 0 Å². The molecule has 4 rings (SSSR count). The first-order valence-corrected chi connectivity index (χ1v) is 8.22. The van der Waals surface area contributed by atoms with Crippen LogP contribution in [0.5, 0.6) is 5.88 Å². The van der Waals surface area contributed by atoms with Gasteiger partial charge < -0.3 is 10.1 Å². The van der Waals surface area contributed by atoms with E-state index in [1.807, 2.05) is 0 Å². The highest BCUT2D eigenvalue weighted by atomic mass is 16.6. The summed E-state index contributed by atoms with van der Waals surface area (Å²) in [6.07, 6.45) is 1.43. The number of carbonyl (C=O) groups is 2. The van der Waals surface area contributed by atoms with E-state index in [1.165, 1.54) is 24.3 Å². The molecule has 0 aliphatic heterocycles. The molecule has 0 bridgehead atoms. The molecule has 9 nitrogen and oxygen atoms in total. The van der Waals surface area contributed by atoms with Crippen LogP contribution in [0.15, 0.2) is 58.8 Å². The van der Waals surface area contributed by atoms with Gasteiger partial charge in [0.05, 0.1) is 16.0 Å². The highest BCUT2D eigenvalue weighted by Crippen LogP contribution is 2.37. The van der Waals surface area contributed by atoms with Gasteiger partial charge in [-0.3, -0.25) is 19.7 Å². The Bertz CT molecular complexity index is 1220. The molecule has 28 heavy (non-hydrogen) atoms. The maximum Gasteiger partial charge on any atom is 0.296 e. The molecule has 2 N–H and O–H groups in total. The van der Waals surface area contributed by atoms with Crippen molar-refractivity contribution in [3.05, 3.63) is 69.8 Å². The highest BCUT2D eigenvalue weighted by molar-refractivity contribution is 6.26. The number of aromatic hydroxyl groups is 1. The van der Waals surface area contributed by atoms with Gasteiger partial charge in [0.15, 0.2) is 11.5 Å². The summed E-state index contributed by atoms with van der Waals surface area (Å²) in [6, 6.07) is 10.9. The Kier molecular flexibility index (Phi) is 4.04. The summed E-state index contributed by atoms with van der Waals surface area (Å²) in [5, 5.41) is 28.7. The quantitative estimate of drug-likeness (QED) is 0.408. The molecule has 0 atom stereocenters. The maximum absolute atomic E-state index is 12.5. The summed E-state index contributed by atoms with van der Waals surface area (Å²) in [5.41, 5.74) is 1.55. The standard InChI is InChI=1S/C19H12N4O5/c24-12-7-10-3-1-2-4-13(10)14(9-12)18(25)22-21-17-15-8-11(23(27)28)5-6-16(15)20-19(17)26/h1-6,8-9,20,26H,7H2. The highest BCUT2D eigenvalue weighted by Gasteiger charge is 2.22. The molecule has 0 radical (unpaired) electrons. The van der Waals surface area contributed by atoms with Gasteiger partial charge in [0.25, 0.3) is 11.6 Å². The number of H-pyrrole nitrogens is 1. The molecule has 2 aromatic carbocycles. The zero-order valence-electron chi connectivity index (χ0n) is 14.2. The molecule has 0 unspecified atom stereocenters. The first-order valence-electron chi connectivity index (χ1n) is 8.22. The smallest absolute Gasteiger partial charge is 0.296 e. The Morgan fingerprint density at radius 1 is 1.21 bits per heavy atom. The third-order valence-corrected chi connectivity index (χ3v) is 4.40. The molecule has 1 aliphatic rings. The summed E-state index contributed by atoms with van der Waals surface area (Å²) in [6.45, 7) is 0. The number of carbonyl (C=O) groups excluding carboxylic acids is 2. The number of nitro benzene ring substituents is 1. The second-order valence-electron chi connectivity index (χ2n) is 6.17. The normalized spacial score (nSPS) is 13.6. The van der Waals surface area contributed by atoms with E-state index in [2.05, 4.69) is 15.2 Å². The molecular formula is C19H12N4O5. The van der Waals surface area contributed by atoms with E-state index in [0.29, 0.717) is 11.1 Å². The molecule has 0 spiro atoms. The number of aromatic amines is 1. The van der Waals surface area contributed by atoms with Crippen LogP contribution in [0.25, 0.3) is 16.5 Å². The molecule has 1 amide bonds. The Hall–Kier alpha value is -4.14. The number of hydrogen-bond acceptors (Lipinski definition) is 6. The predicted molar refractivity (Wildman–Crippen MR) is 99.3 cm³/mol. The van der Waals surface area contributed by atoms with Crippen LogP contribution in [0.1, 0.15) is 11.1 Å². The van der Waals surface area contributed by atoms with Crippen molar-refractivity contribution in [1.29, 1.82) is 0 Å². The molecule has 1 heterocycles. The van der Waals surface area contributed by atoms with Gasteiger partial charge in [-0.1, -0.05) is 24.3 Å². The van der Waals surface area contributed by atoms with Crippen LogP contribution in [0.3, 0.4) is 0 Å². The van der Waals surface area contributed by atoms with E-state index in [4.69, 9.17) is 0 Å². The lowest BCUT2D eigenvalue weighted by Crippen LogP contribution is -2.12. The van der Waals surface area contributed by atoms with Crippen molar-refractivity contribution in [2.24, 2.45) is 10.2 Å². The van der Waals surface area contributed by atoms with Crippen LogP contribution < -0.4 is 0 Å². The molecule has 1 aromatic heterocycles. The molecule has 0 saturated carbocycles. The molecule has 0 fully saturated rings. The fraction of sp³-hybridized carbons (Fsp3) is 0.0526. The number of nitrogens with zero attached hydrogens (tertiary/aromatic N) is 3. The van der Waals surface area contributed by atoms with Gasteiger partial charge in [0.1, 0.15) is 0 Å². The number of amides is 1. The van der Waals surface area contributed by atoms with E-state index in [1.54, 1.807) is 24.3 Å². The second kappa shape index (κ2) is 6.54. The van der Waals surface area contributed by atoms with Crippen LogP contribution in [0, 0.1) is 10.1 Å². The number of rotatable bonds is 3.